The van der Waals surface area contributed by atoms with Gasteiger partial charge in [-0.1, -0.05) is 13.8 Å². The first kappa shape index (κ1) is 18.2. The Bertz CT molecular complexity index is 368. The Morgan fingerprint density at radius 1 is 1.30 bits per heavy atom. The number of nitrogens with two attached hydrogens (primary N) is 1. The van der Waals surface area contributed by atoms with Crippen LogP contribution in [0.5, 0.6) is 0 Å². The molecule has 0 aliphatic carbocycles. The predicted octanol–water partition coefficient (Wildman–Crippen LogP) is -0.798. The zero-order chi connectivity index (χ0) is 15.9. The monoisotopic (exact) mass is 288 g/mol. The third-order valence-electron chi connectivity index (χ3n) is 2.48. The summed E-state index contributed by atoms with van der Waals surface area (Å²) in [6.07, 6.45) is -0.441. The molecule has 1 atom stereocenters. The molecule has 8 heteroatoms. The van der Waals surface area contributed by atoms with Gasteiger partial charge < -0.3 is 26.4 Å². The fourth-order valence-electron chi connectivity index (χ4n) is 1.84. The minimum Gasteiger partial charge on any atom is -0.480 e. The lowest BCUT2D eigenvalue weighted by atomic mass is 9.93. The molecule has 0 aromatic rings. The third kappa shape index (κ3) is 8.30. The van der Waals surface area contributed by atoms with Crippen molar-refractivity contribution in [3.8, 4) is 0 Å². The number of carboxylic acid groups (broad SMARTS) is 1. The molecule has 0 fully saturated rings. The first-order valence-electron chi connectivity index (χ1n) is 6.24. The number of hydrogen-bond donors (Lipinski definition) is 4. The van der Waals surface area contributed by atoms with Crippen LogP contribution >= 0.6 is 0 Å². The van der Waals surface area contributed by atoms with E-state index in [0.29, 0.717) is 6.54 Å². The molecule has 0 aliphatic rings. The highest BCUT2D eigenvalue weighted by atomic mass is 16.4. The standard InChI is InChI=1S/C12H24N4O4/c1-12(2,7-16(3)4)6-14-11(20)15-8(10(18)19)5-9(13)17/h8H,5-7H2,1-4H3,(H2,13,17)(H,18,19)(H2,14,15,20)/t8-/m1/s1. The van der Waals surface area contributed by atoms with Crippen LogP contribution < -0.4 is 16.4 Å². The van der Waals surface area contributed by atoms with Gasteiger partial charge >= 0.3 is 12.0 Å². The van der Waals surface area contributed by atoms with Gasteiger partial charge in [0.2, 0.25) is 5.91 Å². The molecule has 0 rings (SSSR count). The first-order chi connectivity index (χ1) is 9.03. The van der Waals surface area contributed by atoms with E-state index in [4.69, 9.17) is 10.8 Å². The summed E-state index contributed by atoms with van der Waals surface area (Å²) in [5.41, 5.74) is 4.76. The molecule has 116 valence electrons. The van der Waals surface area contributed by atoms with Crippen molar-refractivity contribution in [2.75, 3.05) is 27.2 Å². The normalized spacial score (nSPS) is 12.8. The second-order valence-corrected chi connectivity index (χ2v) is 5.79. The van der Waals surface area contributed by atoms with E-state index in [2.05, 4.69) is 10.6 Å². The lowest BCUT2D eigenvalue weighted by molar-refractivity contribution is -0.140. The Morgan fingerprint density at radius 3 is 2.25 bits per heavy atom. The molecule has 0 saturated carbocycles. The molecule has 20 heavy (non-hydrogen) atoms. The lowest BCUT2D eigenvalue weighted by Crippen LogP contribution is -2.50. The number of carbonyl (C=O) groups is 3. The van der Waals surface area contributed by atoms with E-state index in [1.807, 2.05) is 32.8 Å². The average molecular weight is 288 g/mol. The molecule has 5 N–H and O–H groups in total. The van der Waals surface area contributed by atoms with Crippen molar-refractivity contribution in [2.45, 2.75) is 26.3 Å². The molecule has 0 unspecified atom stereocenters. The van der Waals surface area contributed by atoms with Crippen LogP contribution in [0.1, 0.15) is 20.3 Å². The molecule has 0 heterocycles. The number of rotatable bonds is 8. The summed E-state index contributed by atoms with van der Waals surface area (Å²) in [4.78, 5) is 35.2. The van der Waals surface area contributed by atoms with Crippen molar-refractivity contribution < 1.29 is 19.5 Å². The molecule has 0 radical (unpaired) electrons. The Hall–Kier alpha value is -1.83. The van der Waals surface area contributed by atoms with E-state index in [9.17, 15) is 14.4 Å². The molecule has 0 spiro atoms. The summed E-state index contributed by atoms with van der Waals surface area (Å²) in [5.74, 6) is -2.09. The highest BCUT2D eigenvalue weighted by Crippen LogP contribution is 2.13. The molecular formula is C12H24N4O4. The van der Waals surface area contributed by atoms with Gasteiger partial charge in [0.1, 0.15) is 6.04 Å². The maximum absolute atomic E-state index is 11.6. The Balaban J connectivity index is 4.33. The van der Waals surface area contributed by atoms with Crippen molar-refractivity contribution in [2.24, 2.45) is 11.1 Å². The molecule has 0 saturated heterocycles. The van der Waals surface area contributed by atoms with Gasteiger partial charge in [-0.15, -0.1) is 0 Å². The van der Waals surface area contributed by atoms with E-state index in [0.717, 1.165) is 6.54 Å². The molecule has 0 aromatic heterocycles. The number of aliphatic carboxylic acids is 1. The minimum absolute atomic E-state index is 0.163. The Kier molecular flexibility index (Phi) is 6.98. The van der Waals surface area contributed by atoms with Crippen molar-refractivity contribution in [1.82, 2.24) is 15.5 Å². The number of hydrogen-bond acceptors (Lipinski definition) is 4. The average Bonchev–Trinajstić information content (AvgIpc) is 2.23. The lowest BCUT2D eigenvalue weighted by Gasteiger charge is -2.28. The van der Waals surface area contributed by atoms with Gasteiger partial charge in [0.25, 0.3) is 0 Å². The number of urea groups is 1. The molecule has 0 bridgehead atoms. The van der Waals surface area contributed by atoms with Gasteiger partial charge in [0, 0.05) is 13.1 Å². The van der Waals surface area contributed by atoms with Crippen LogP contribution in [0.25, 0.3) is 0 Å². The maximum Gasteiger partial charge on any atom is 0.326 e. The summed E-state index contributed by atoms with van der Waals surface area (Å²) < 4.78 is 0. The summed E-state index contributed by atoms with van der Waals surface area (Å²) in [5, 5.41) is 13.7. The topological polar surface area (TPSA) is 125 Å². The number of carbonyl (C=O) groups excluding carboxylic acids is 2. The second kappa shape index (κ2) is 7.68. The van der Waals surface area contributed by atoms with Crippen molar-refractivity contribution in [3.63, 3.8) is 0 Å². The van der Waals surface area contributed by atoms with Gasteiger partial charge in [-0.2, -0.15) is 0 Å². The number of amides is 3. The number of nitrogens with one attached hydrogen (secondary N) is 2. The molecule has 8 nitrogen and oxygen atoms in total. The number of primary amides is 1. The summed E-state index contributed by atoms with van der Waals surface area (Å²) in [6.45, 7) is 5.09. The van der Waals surface area contributed by atoms with Gasteiger partial charge in [-0.05, 0) is 19.5 Å². The molecule has 3 amide bonds. The van der Waals surface area contributed by atoms with Crippen molar-refractivity contribution >= 4 is 17.9 Å². The summed E-state index contributed by atoms with van der Waals surface area (Å²) >= 11 is 0. The predicted molar refractivity (Wildman–Crippen MR) is 74.1 cm³/mol. The van der Waals surface area contributed by atoms with Crippen LogP contribution in [-0.2, 0) is 9.59 Å². The van der Waals surface area contributed by atoms with Crippen molar-refractivity contribution in [1.29, 1.82) is 0 Å². The largest absolute Gasteiger partial charge is 0.480 e. The smallest absolute Gasteiger partial charge is 0.326 e. The Labute approximate surface area is 118 Å². The zero-order valence-corrected chi connectivity index (χ0v) is 12.4. The highest BCUT2D eigenvalue weighted by Gasteiger charge is 2.24. The van der Waals surface area contributed by atoms with E-state index < -0.39 is 30.4 Å². The van der Waals surface area contributed by atoms with Gasteiger partial charge in [0.15, 0.2) is 0 Å². The Morgan fingerprint density at radius 2 is 1.85 bits per heavy atom. The van der Waals surface area contributed by atoms with E-state index >= 15 is 0 Å². The fraction of sp³-hybridized carbons (Fsp3) is 0.750. The SMILES string of the molecule is CN(C)CC(C)(C)CNC(=O)N[C@H](CC(N)=O)C(=O)O. The summed E-state index contributed by atoms with van der Waals surface area (Å²) in [6, 6.07) is -1.95. The molecular weight excluding hydrogens is 264 g/mol. The van der Waals surface area contributed by atoms with Gasteiger partial charge in [-0.25, -0.2) is 9.59 Å². The maximum atomic E-state index is 11.6. The van der Waals surface area contributed by atoms with Gasteiger partial charge in [-0.3, -0.25) is 4.79 Å². The van der Waals surface area contributed by atoms with E-state index in [-0.39, 0.29) is 5.41 Å². The van der Waals surface area contributed by atoms with Crippen LogP contribution in [0.2, 0.25) is 0 Å². The second-order valence-electron chi connectivity index (χ2n) is 5.79. The van der Waals surface area contributed by atoms with Crippen LogP contribution in [0.15, 0.2) is 0 Å². The minimum atomic E-state index is -1.32. The third-order valence-corrected chi connectivity index (χ3v) is 2.48. The number of nitrogens with zero attached hydrogens (tertiary/aromatic N) is 1. The summed E-state index contributed by atoms with van der Waals surface area (Å²) in [7, 11) is 3.85. The number of carboxylic acids is 1. The quantitative estimate of drug-likeness (QED) is 0.465. The zero-order valence-electron chi connectivity index (χ0n) is 12.4. The molecule has 0 aromatic carbocycles. The van der Waals surface area contributed by atoms with Crippen LogP contribution in [0.3, 0.4) is 0 Å². The van der Waals surface area contributed by atoms with Crippen LogP contribution in [0.4, 0.5) is 4.79 Å². The van der Waals surface area contributed by atoms with Crippen molar-refractivity contribution in [3.05, 3.63) is 0 Å². The van der Waals surface area contributed by atoms with E-state index in [1.165, 1.54) is 0 Å². The molecule has 0 aliphatic heterocycles. The van der Waals surface area contributed by atoms with Gasteiger partial charge in [0.05, 0.1) is 6.42 Å². The van der Waals surface area contributed by atoms with E-state index in [1.54, 1.807) is 0 Å². The fourth-order valence-corrected chi connectivity index (χ4v) is 1.84. The first-order valence-corrected chi connectivity index (χ1v) is 6.24. The highest BCUT2D eigenvalue weighted by molar-refractivity contribution is 5.87. The van der Waals surface area contributed by atoms with Crippen LogP contribution in [-0.4, -0.2) is 61.1 Å². The van der Waals surface area contributed by atoms with Crippen LogP contribution in [0, 0.1) is 5.41 Å².